The van der Waals surface area contributed by atoms with Gasteiger partial charge in [-0.05, 0) is 44.6 Å². The van der Waals surface area contributed by atoms with Crippen molar-refractivity contribution in [1.82, 2.24) is 15.1 Å². The van der Waals surface area contributed by atoms with Crippen LogP contribution >= 0.6 is 11.6 Å². The summed E-state index contributed by atoms with van der Waals surface area (Å²) in [6.07, 6.45) is 3.35. The Hall–Kier alpha value is -0.540. The Bertz CT molecular complexity index is 432. The number of nitrogens with one attached hydrogen (secondary N) is 1. The third kappa shape index (κ3) is 5.10. The van der Waals surface area contributed by atoms with Crippen LogP contribution in [0, 0.1) is 18.3 Å². The van der Waals surface area contributed by atoms with Gasteiger partial charge >= 0.3 is 0 Å². The number of halogens is 1. The molecule has 0 spiro atoms. The van der Waals surface area contributed by atoms with Gasteiger partial charge in [-0.15, -0.1) is 0 Å². The molecule has 1 aromatic heterocycles. The summed E-state index contributed by atoms with van der Waals surface area (Å²) >= 11 is 6.33. The first kappa shape index (κ1) is 17.5. The van der Waals surface area contributed by atoms with E-state index in [1.165, 1.54) is 18.4 Å². The molecule has 3 nitrogen and oxygen atoms in total. The summed E-state index contributed by atoms with van der Waals surface area (Å²) in [6, 6.07) is 0.452. The number of likely N-dealkylation sites (N-methyl/N-ethyl adjacent to an activating group) is 1. The fraction of sp³-hybridized carbons (Fsp3) is 0.812. The van der Waals surface area contributed by atoms with Crippen LogP contribution in [0.5, 0.6) is 0 Å². The number of nitrogens with zero attached hydrogens (tertiary/aromatic N) is 2. The molecule has 0 aliphatic heterocycles. The van der Waals surface area contributed by atoms with E-state index in [9.17, 15) is 0 Å². The Kier molecular flexibility index (Phi) is 6.08. The van der Waals surface area contributed by atoms with Gasteiger partial charge in [-0.2, -0.15) is 5.10 Å². The quantitative estimate of drug-likeness (QED) is 0.861. The molecule has 2 unspecified atom stereocenters. The zero-order valence-electron chi connectivity index (χ0n) is 14.0. The summed E-state index contributed by atoms with van der Waals surface area (Å²) in [5.41, 5.74) is 2.61. The van der Waals surface area contributed by atoms with E-state index in [0.717, 1.165) is 17.3 Å². The number of aromatic nitrogens is 2. The normalized spacial score (nSPS) is 15.4. The minimum Gasteiger partial charge on any atom is -0.317 e. The minimum absolute atomic E-state index is 0.388. The smallest absolute Gasteiger partial charge is 0.130 e. The van der Waals surface area contributed by atoms with E-state index in [-0.39, 0.29) is 0 Å². The summed E-state index contributed by atoms with van der Waals surface area (Å²) in [5, 5.41) is 8.60. The topological polar surface area (TPSA) is 29.9 Å². The highest BCUT2D eigenvalue weighted by atomic mass is 35.5. The first-order chi connectivity index (χ1) is 9.14. The fourth-order valence-electron chi connectivity index (χ4n) is 3.07. The first-order valence-electron chi connectivity index (χ1n) is 7.49. The maximum absolute atomic E-state index is 6.33. The molecule has 1 aromatic rings. The Balaban J connectivity index is 2.68. The molecule has 116 valence electrons. The van der Waals surface area contributed by atoms with Crippen molar-refractivity contribution >= 4 is 11.6 Å². The van der Waals surface area contributed by atoms with Crippen molar-refractivity contribution in [1.29, 1.82) is 0 Å². The average Bonchev–Trinajstić information content (AvgIpc) is 2.52. The lowest BCUT2D eigenvalue weighted by atomic mass is 9.82. The van der Waals surface area contributed by atoms with Gasteiger partial charge in [0.05, 0.1) is 5.69 Å². The van der Waals surface area contributed by atoms with Crippen molar-refractivity contribution in [3.8, 4) is 0 Å². The molecular weight excluding hydrogens is 270 g/mol. The molecule has 1 N–H and O–H groups in total. The average molecular weight is 300 g/mol. The first-order valence-corrected chi connectivity index (χ1v) is 7.87. The third-order valence-corrected chi connectivity index (χ3v) is 4.25. The van der Waals surface area contributed by atoms with E-state index in [2.05, 4.69) is 38.1 Å². The van der Waals surface area contributed by atoms with E-state index >= 15 is 0 Å². The van der Waals surface area contributed by atoms with Gasteiger partial charge in [0.2, 0.25) is 0 Å². The van der Waals surface area contributed by atoms with Crippen LogP contribution in [-0.2, 0) is 13.5 Å². The van der Waals surface area contributed by atoms with E-state index in [0.29, 0.717) is 17.4 Å². The zero-order valence-corrected chi connectivity index (χ0v) is 14.8. The van der Waals surface area contributed by atoms with Gasteiger partial charge in [-0.3, -0.25) is 4.68 Å². The summed E-state index contributed by atoms with van der Waals surface area (Å²) in [5.74, 6) is 0.697. The van der Waals surface area contributed by atoms with Crippen LogP contribution in [0.3, 0.4) is 0 Å². The molecule has 0 amide bonds. The van der Waals surface area contributed by atoms with Crippen molar-refractivity contribution in [3.63, 3.8) is 0 Å². The molecule has 0 fully saturated rings. The van der Waals surface area contributed by atoms with E-state index < -0.39 is 0 Å². The molecule has 1 heterocycles. The van der Waals surface area contributed by atoms with Crippen LogP contribution in [0.15, 0.2) is 0 Å². The predicted octanol–water partition coefficient (Wildman–Crippen LogP) is 3.97. The molecule has 0 radical (unpaired) electrons. The van der Waals surface area contributed by atoms with Gasteiger partial charge in [0, 0.05) is 18.7 Å². The van der Waals surface area contributed by atoms with Crippen LogP contribution in [-0.4, -0.2) is 22.9 Å². The molecule has 0 aliphatic carbocycles. The predicted molar refractivity (Wildman–Crippen MR) is 87.4 cm³/mol. The van der Waals surface area contributed by atoms with Gasteiger partial charge < -0.3 is 5.32 Å². The number of hydrogen-bond acceptors (Lipinski definition) is 2. The van der Waals surface area contributed by atoms with E-state index in [1.807, 2.05) is 21.0 Å². The van der Waals surface area contributed by atoms with Gasteiger partial charge in [0.1, 0.15) is 5.15 Å². The highest BCUT2D eigenvalue weighted by molar-refractivity contribution is 6.30. The minimum atomic E-state index is 0.388. The van der Waals surface area contributed by atoms with E-state index in [1.54, 1.807) is 4.68 Å². The van der Waals surface area contributed by atoms with Crippen molar-refractivity contribution in [2.45, 2.75) is 59.9 Å². The lowest BCUT2D eigenvalue weighted by molar-refractivity contribution is 0.277. The lowest BCUT2D eigenvalue weighted by Crippen LogP contribution is -2.30. The van der Waals surface area contributed by atoms with Crippen LogP contribution in [0.25, 0.3) is 0 Å². The standard InChI is InChI=1S/C16H30ClN3/c1-11(10-16(3,4)5)8-13(18-6)9-14-12(2)19-20(7)15(14)17/h11,13,18H,8-10H2,1-7H3. The van der Waals surface area contributed by atoms with Crippen LogP contribution in [0.1, 0.15) is 51.8 Å². The van der Waals surface area contributed by atoms with Gasteiger partial charge in [0.15, 0.2) is 0 Å². The molecule has 2 atom stereocenters. The van der Waals surface area contributed by atoms with Crippen LogP contribution in [0.2, 0.25) is 5.15 Å². The van der Waals surface area contributed by atoms with E-state index in [4.69, 9.17) is 11.6 Å². The highest BCUT2D eigenvalue weighted by Gasteiger charge is 2.21. The van der Waals surface area contributed by atoms with Crippen LogP contribution in [0.4, 0.5) is 0 Å². The van der Waals surface area contributed by atoms with Crippen molar-refractivity contribution < 1.29 is 0 Å². The largest absolute Gasteiger partial charge is 0.317 e. The van der Waals surface area contributed by atoms with Crippen molar-refractivity contribution in [3.05, 3.63) is 16.4 Å². The summed E-state index contributed by atoms with van der Waals surface area (Å²) in [6.45, 7) is 11.3. The second kappa shape index (κ2) is 6.95. The monoisotopic (exact) mass is 299 g/mol. The third-order valence-electron chi connectivity index (χ3n) is 3.78. The maximum Gasteiger partial charge on any atom is 0.130 e. The number of aryl methyl sites for hydroxylation is 2. The fourth-order valence-corrected chi connectivity index (χ4v) is 3.32. The SMILES string of the molecule is CNC(Cc1c(C)nn(C)c1Cl)CC(C)CC(C)(C)C. The van der Waals surface area contributed by atoms with Crippen LogP contribution < -0.4 is 5.32 Å². The molecule has 1 rings (SSSR count). The molecular formula is C16H30ClN3. The molecule has 0 saturated carbocycles. The van der Waals surface area contributed by atoms with Gasteiger partial charge in [-0.25, -0.2) is 0 Å². The maximum atomic E-state index is 6.33. The molecule has 0 aliphatic rings. The Morgan fingerprint density at radius 1 is 1.35 bits per heavy atom. The summed E-state index contributed by atoms with van der Waals surface area (Å²) in [4.78, 5) is 0. The Morgan fingerprint density at radius 2 is 1.95 bits per heavy atom. The highest BCUT2D eigenvalue weighted by Crippen LogP contribution is 2.28. The summed E-state index contributed by atoms with van der Waals surface area (Å²) < 4.78 is 1.76. The number of hydrogen-bond donors (Lipinski definition) is 1. The zero-order chi connectivity index (χ0) is 15.5. The number of rotatable bonds is 6. The molecule has 0 bridgehead atoms. The Labute approximate surface area is 129 Å². The Morgan fingerprint density at radius 3 is 2.35 bits per heavy atom. The van der Waals surface area contributed by atoms with Crippen molar-refractivity contribution in [2.24, 2.45) is 18.4 Å². The molecule has 20 heavy (non-hydrogen) atoms. The molecule has 4 heteroatoms. The summed E-state index contributed by atoms with van der Waals surface area (Å²) in [7, 11) is 3.93. The van der Waals surface area contributed by atoms with Gasteiger partial charge in [-0.1, -0.05) is 39.3 Å². The lowest BCUT2D eigenvalue weighted by Gasteiger charge is -2.26. The molecule has 0 saturated heterocycles. The second-order valence-electron chi connectivity index (χ2n) is 7.27. The van der Waals surface area contributed by atoms with Gasteiger partial charge in [0.25, 0.3) is 0 Å². The van der Waals surface area contributed by atoms with Crippen molar-refractivity contribution in [2.75, 3.05) is 7.05 Å². The second-order valence-corrected chi connectivity index (χ2v) is 7.63. The molecule has 0 aromatic carbocycles.